The number of rotatable bonds is 3. The summed E-state index contributed by atoms with van der Waals surface area (Å²) >= 11 is 0. The highest BCUT2D eigenvalue weighted by molar-refractivity contribution is 5.71. The van der Waals surface area contributed by atoms with E-state index in [0.717, 1.165) is 18.4 Å². The zero-order valence-corrected chi connectivity index (χ0v) is 9.65. The molecule has 17 heavy (non-hydrogen) atoms. The molecule has 1 N–H and O–H groups in total. The number of ether oxygens (including phenoxy) is 1. The quantitative estimate of drug-likeness (QED) is 0.880. The average Bonchev–Trinajstić information content (AvgIpc) is 2.77. The molecule has 1 aliphatic carbocycles. The lowest BCUT2D eigenvalue weighted by atomic mass is 9.89. The van der Waals surface area contributed by atoms with Crippen LogP contribution in [0.2, 0.25) is 0 Å². The maximum Gasteiger partial charge on any atom is 0.307 e. The summed E-state index contributed by atoms with van der Waals surface area (Å²) in [6, 6.07) is 4.71. The largest absolute Gasteiger partial charge is 0.494 e. The van der Waals surface area contributed by atoms with Crippen LogP contribution >= 0.6 is 0 Å². The first-order valence-corrected chi connectivity index (χ1v) is 5.69. The third-order valence-corrected chi connectivity index (χ3v) is 3.44. The van der Waals surface area contributed by atoms with Gasteiger partial charge in [0.05, 0.1) is 13.0 Å². The molecule has 92 valence electrons. The van der Waals surface area contributed by atoms with Gasteiger partial charge in [-0.15, -0.1) is 0 Å². The lowest BCUT2D eigenvalue weighted by Gasteiger charge is -2.16. The van der Waals surface area contributed by atoms with Gasteiger partial charge in [-0.1, -0.05) is 12.5 Å². The van der Waals surface area contributed by atoms with Gasteiger partial charge in [-0.2, -0.15) is 0 Å². The number of hydrogen-bond donors (Lipinski definition) is 1. The maximum atomic E-state index is 13.6. The summed E-state index contributed by atoms with van der Waals surface area (Å²) in [5, 5.41) is 9.10. The van der Waals surface area contributed by atoms with Crippen molar-refractivity contribution >= 4 is 5.97 Å². The van der Waals surface area contributed by atoms with E-state index >= 15 is 0 Å². The van der Waals surface area contributed by atoms with Gasteiger partial charge < -0.3 is 9.84 Å². The third kappa shape index (κ3) is 2.25. The summed E-state index contributed by atoms with van der Waals surface area (Å²) in [5.41, 5.74) is 0.758. The topological polar surface area (TPSA) is 46.5 Å². The molecule has 1 saturated carbocycles. The van der Waals surface area contributed by atoms with Gasteiger partial charge in [0, 0.05) is 0 Å². The van der Waals surface area contributed by atoms with E-state index in [4.69, 9.17) is 9.84 Å². The maximum absolute atomic E-state index is 13.6. The Bertz CT molecular complexity index is 431. The summed E-state index contributed by atoms with van der Waals surface area (Å²) in [5.74, 6) is -1.49. The smallest absolute Gasteiger partial charge is 0.307 e. The van der Waals surface area contributed by atoms with E-state index in [-0.39, 0.29) is 17.6 Å². The van der Waals surface area contributed by atoms with Gasteiger partial charge in [-0.25, -0.2) is 4.39 Å². The summed E-state index contributed by atoms with van der Waals surface area (Å²) in [7, 11) is 1.41. The van der Waals surface area contributed by atoms with Crippen molar-refractivity contribution in [3.63, 3.8) is 0 Å². The van der Waals surface area contributed by atoms with Crippen LogP contribution in [0.5, 0.6) is 5.75 Å². The Labute approximate surface area is 99.2 Å². The highest BCUT2D eigenvalue weighted by Crippen LogP contribution is 2.40. The van der Waals surface area contributed by atoms with E-state index in [9.17, 15) is 9.18 Å². The van der Waals surface area contributed by atoms with Crippen LogP contribution in [0.25, 0.3) is 0 Å². The number of carboxylic acid groups (broad SMARTS) is 1. The first kappa shape index (κ1) is 11.9. The molecule has 1 aromatic rings. The normalized spacial score (nSPS) is 23.6. The summed E-state index contributed by atoms with van der Waals surface area (Å²) in [6.07, 6.45) is 2.37. The molecule has 0 heterocycles. The second-order valence-electron chi connectivity index (χ2n) is 4.38. The second kappa shape index (κ2) is 4.73. The van der Waals surface area contributed by atoms with Crippen molar-refractivity contribution in [2.24, 2.45) is 5.92 Å². The fourth-order valence-corrected chi connectivity index (χ4v) is 2.57. The van der Waals surface area contributed by atoms with E-state index in [1.165, 1.54) is 13.2 Å². The first-order chi connectivity index (χ1) is 8.13. The summed E-state index contributed by atoms with van der Waals surface area (Å²) in [6.45, 7) is 0. The molecule has 1 aliphatic rings. The second-order valence-corrected chi connectivity index (χ2v) is 4.38. The minimum atomic E-state index is -0.788. The van der Waals surface area contributed by atoms with Crippen molar-refractivity contribution in [2.45, 2.75) is 25.2 Å². The van der Waals surface area contributed by atoms with E-state index in [1.807, 2.05) is 0 Å². The van der Waals surface area contributed by atoms with E-state index in [2.05, 4.69) is 0 Å². The molecule has 2 rings (SSSR count). The predicted octanol–water partition coefficient (Wildman–Crippen LogP) is 2.80. The monoisotopic (exact) mass is 238 g/mol. The Morgan fingerprint density at radius 3 is 2.82 bits per heavy atom. The van der Waals surface area contributed by atoms with Crippen LogP contribution in [0.15, 0.2) is 18.2 Å². The molecule has 1 fully saturated rings. The number of benzene rings is 1. The van der Waals surface area contributed by atoms with E-state index in [0.29, 0.717) is 6.42 Å². The van der Waals surface area contributed by atoms with Gasteiger partial charge >= 0.3 is 5.97 Å². The number of hydrogen-bond acceptors (Lipinski definition) is 2. The molecule has 0 aliphatic heterocycles. The highest BCUT2D eigenvalue weighted by atomic mass is 19.1. The molecule has 2 atom stereocenters. The predicted molar refractivity (Wildman–Crippen MR) is 60.7 cm³/mol. The zero-order chi connectivity index (χ0) is 12.4. The Morgan fingerprint density at radius 1 is 1.47 bits per heavy atom. The van der Waals surface area contributed by atoms with Crippen LogP contribution in [0.1, 0.15) is 30.7 Å². The third-order valence-electron chi connectivity index (χ3n) is 3.44. The lowest BCUT2D eigenvalue weighted by Crippen LogP contribution is -2.16. The average molecular weight is 238 g/mol. The van der Waals surface area contributed by atoms with Crippen LogP contribution in [0, 0.1) is 11.7 Å². The first-order valence-electron chi connectivity index (χ1n) is 5.69. The fraction of sp³-hybridized carbons (Fsp3) is 0.462. The van der Waals surface area contributed by atoms with Gasteiger partial charge in [0.1, 0.15) is 0 Å². The molecule has 0 aromatic heterocycles. The molecule has 0 saturated heterocycles. The van der Waals surface area contributed by atoms with Crippen LogP contribution in [0.3, 0.4) is 0 Å². The molecule has 1 aromatic carbocycles. The van der Waals surface area contributed by atoms with E-state index < -0.39 is 11.8 Å². The minimum absolute atomic E-state index is 0.0760. The standard InChI is InChI=1S/C13H15FO3/c1-17-12-6-5-8(7-11(12)14)9-3-2-4-10(9)13(15)16/h5-7,9-10H,2-4H2,1H3,(H,15,16). The summed E-state index contributed by atoms with van der Waals surface area (Å²) < 4.78 is 18.4. The number of halogens is 1. The van der Waals surface area contributed by atoms with E-state index in [1.54, 1.807) is 12.1 Å². The number of carboxylic acids is 1. The molecule has 0 bridgehead atoms. The highest BCUT2D eigenvalue weighted by Gasteiger charge is 2.34. The van der Waals surface area contributed by atoms with Gasteiger partial charge in [-0.05, 0) is 36.5 Å². The van der Waals surface area contributed by atoms with Crippen molar-refractivity contribution in [3.8, 4) is 5.75 Å². The van der Waals surface area contributed by atoms with Crippen molar-refractivity contribution < 1.29 is 19.0 Å². The van der Waals surface area contributed by atoms with Gasteiger partial charge in [0.15, 0.2) is 11.6 Å². The van der Waals surface area contributed by atoms with Crippen molar-refractivity contribution in [1.82, 2.24) is 0 Å². The van der Waals surface area contributed by atoms with Gasteiger partial charge in [-0.3, -0.25) is 4.79 Å². The van der Waals surface area contributed by atoms with Crippen LogP contribution < -0.4 is 4.74 Å². The fourth-order valence-electron chi connectivity index (χ4n) is 2.57. The lowest BCUT2D eigenvalue weighted by molar-refractivity contribution is -0.142. The molecule has 0 amide bonds. The molecular formula is C13H15FO3. The number of aliphatic carboxylic acids is 1. The molecule has 4 heteroatoms. The minimum Gasteiger partial charge on any atom is -0.494 e. The number of methoxy groups -OCH3 is 1. The summed E-state index contributed by atoms with van der Waals surface area (Å²) in [4.78, 5) is 11.1. The molecular weight excluding hydrogens is 223 g/mol. The number of carbonyl (C=O) groups is 1. The SMILES string of the molecule is COc1ccc(C2CCCC2C(=O)O)cc1F. The Hall–Kier alpha value is -1.58. The Kier molecular flexibility index (Phi) is 3.31. The Balaban J connectivity index is 2.27. The molecule has 0 spiro atoms. The molecule has 0 radical (unpaired) electrons. The van der Waals surface area contributed by atoms with Crippen molar-refractivity contribution in [3.05, 3.63) is 29.6 Å². The van der Waals surface area contributed by atoms with Gasteiger partial charge in [0.25, 0.3) is 0 Å². The molecule has 2 unspecified atom stereocenters. The van der Waals surface area contributed by atoms with Crippen LogP contribution in [0.4, 0.5) is 4.39 Å². The Morgan fingerprint density at radius 2 is 2.24 bits per heavy atom. The molecule has 3 nitrogen and oxygen atoms in total. The zero-order valence-electron chi connectivity index (χ0n) is 9.65. The van der Waals surface area contributed by atoms with Crippen molar-refractivity contribution in [2.75, 3.05) is 7.11 Å². The van der Waals surface area contributed by atoms with Gasteiger partial charge in [0.2, 0.25) is 0 Å². The van der Waals surface area contributed by atoms with Crippen molar-refractivity contribution in [1.29, 1.82) is 0 Å². The van der Waals surface area contributed by atoms with Crippen LogP contribution in [-0.4, -0.2) is 18.2 Å². The van der Waals surface area contributed by atoms with Crippen LogP contribution in [-0.2, 0) is 4.79 Å².